The van der Waals surface area contributed by atoms with Gasteiger partial charge in [-0.05, 0) is 0 Å². The second-order valence-electron chi connectivity index (χ2n) is 3.00. The van der Waals surface area contributed by atoms with E-state index < -0.39 is 5.82 Å². The average Bonchev–Trinajstić information content (AvgIpc) is 2.24. The number of rotatable bonds is 0. The van der Waals surface area contributed by atoms with Gasteiger partial charge in [0.1, 0.15) is 11.5 Å². The van der Waals surface area contributed by atoms with E-state index in [-0.39, 0.29) is 27.4 Å². The van der Waals surface area contributed by atoms with Gasteiger partial charge in [0.15, 0.2) is 5.82 Å². The van der Waals surface area contributed by atoms with Gasteiger partial charge >= 0.3 is 0 Å². The van der Waals surface area contributed by atoms with Crippen LogP contribution in [0.1, 0.15) is 6.92 Å². The van der Waals surface area contributed by atoms with Crippen LogP contribution in [0.2, 0.25) is 5.02 Å². The Labute approximate surface area is 102 Å². The quantitative estimate of drug-likeness (QED) is 0.758. The highest BCUT2D eigenvalue weighted by atomic mass is 35.5. The van der Waals surface area contributed by atoms with E-state index in [4.69, 9.17) is 22.0 Å². The lowest BCUT2D eigenvalue weighted by molar-refractivity contribution is 0.454. The third kappa shape index (κ3) is 2.74. The van der Waals surface area contributed by atoms with E-state index in [2.05, 4.69) is 4.98 Å². The van der Waals surface area contributed by atoms with Crippen molar-refractivity contribution < 1.29 is 14.6 Å². The standard InChI is InChI=1S/C9H5ClFNO2.C2H3N/c10-9-5(11)3-12-6-1-4(13)2-7(14)8(6)9;1-2-3/h1-3,13-14H;1H3. The van der Waals surface area contributed by atoms with Crippen molar-refractivity contribution in [2.24, 2.45) is 0 Å². The molecule has 2 aromatic rings. The molecule has 2 N–H and O–H groups in total. The summed E-state index contributed by atoms with van der Waals surface area (Å²) < 4.78 is 13.0. The van der Waals surface area contributed by atoms with Gasteiger partial charge < -0.3 is 10.2 Å². The van der Waals surface area contributed by atoms with Crippen LogP contribution in [0.5, 0.6) is 11.5 Å². The molecule has 4 nitrogen and oxygen atoms in total. The Kier molecular flexibility index (Phi) is 4.07. The highest BCUT2D eigenvalue weighted by Gasteiger charge is 2.11. The highest BCUT2D eigenvalue weighted by Crippen LogP contribution is 2.34. The molecule has 0 aliphatic rings. The number of phenols is 2. The lowest BCUT2D eigenvalue weighted by Gasteiger charge is -2.03. The zero-order valence-electron chi connectivity index (χ0n) is 8.78. The van der Waals surface area contributed by atoms with E-state index in [1.807, 2.05) is 0 Å². The van der Waals surface area contributed by atoms with E-state index in [1.165, 1.54) is 13.0 Å². The van der Waals surface area contributed by atoms with Crippen LogP contribution < -0.4 is 0 Å². The van der Waals surface area contributed by atoms with Gasteiger partial charge in [-0.25, -0.2) is 4.39 Å². The monoisotopic (exact) mass is 254 g/mol. The van der Waals surface area contributed by atoms with Gasteiger partial charge in [-0.2, -0.15) is 5.26 Å². The number of nitrogens with zero attached hydrogens (tertiary/aromatic N) is 2. The summed E-state index contributed by atoms with van der Waals surface area (Å²) in [5.41, 5.74) is 0.244. The van der Waals surface area contributed by atoms with Gasteiger partial charge in [0.2, 0.25) is 0 Å². The molecule has 0 unspecified atom stereocenters. The van der Waals surface area contributed by atoms with Gasteiger partial charge in [0.05, 0.1) is 28.2 Å². The zero-order chi connectivity index (χ0) is 13.0. The molecule has 0 spiro atoms. The fourth-order valence-corrected chi connectivity index (χ4v) is 1.47. The Morgan fingerprint density at radius 1 is 1.41 bits per heavy atom. The zero-order valence-corrected chi connectivity index (χ0v) is 9.53. The van der Waals surface area contributed by atoms with E-state index in [0.29, 0.717) is 0 Å². The van der Waals surface area contributed by atoms with Crippen LogP contribution in [0.4, 0.5) is 4.39 Å². The molecule has 0 saturated carbocycles. The SMILES string of the molecule is CC#N.Oc1cc(O)c2c(Cl)c(F)cnc2c1. The number of phenolic OH excluding ortho intramolecular Hbond substituents is 2. The molecule has 6 heteroatoms. The Morgan fingerprint density at radius 3 is 2.59 bits per heavy atom. The van der Waals surface area contributed by atoms with E-state index in [1.54, 1.807) is 6.07 Å². The van der Waals surface area contributed by atoms with Crippen LogP contribution in [-0.4, -0.2) is 15.2 Å². The number of pyridine rings is 1. The summed E-state index contributed by atoms with van der Waals surface area (Å²) in [5, 5.41) is 25.8. The molecule has 0 saturated heterocycles. The van der Waals surface area contributed by atoms with Crippen molar-refractivity contribution in [2.45, 2.75) is 6.92 Å². The van der Waals surface area contributed by atoms with Crippen molar-refractivity contribution in [1.29, 1.82) is 5.26 Å². The molecule has 17 heavy (non-hydrogen) atoms. The number of benzene rings is 1. The first kappa shape index (κ1) is 13.0. The summed E-state index contributed by atoms with van der Waals surface area (Å²) >= 11 is 5.63. The van der Waals surface area contributed by atoms with Crippen LogP contribution >= 0.6 is 11.6 Å². The maximum absolute atomic E-state index is 13.0. The number of hydrogen-bond donors (Lipinski definition) is 2. The Morgan fingerprint density at radius 2 is 2.00 bits per heavy atom. The number of halogens is 2. The lowest BCUT2D eigenvalue weighted by atomic mass is 10.2. The minimum absolute atomic E-state index is 0.101. The molecule has 0 amide bonds. The smallest absolute Gasteiger partial charge is 0.160 e. The maximum atomic E-state index is 13.0. The fraction of sp³-hybridized carbons (Fsp3) is 0.0909. The summed E-state index contributed by atoms with van der Waals surface area (Å²) in [5.74, 6) is -1.15. The Balaban J connectivity index is 0.000000437. The molecule has 0 atom stereocenters. The number of fused-ring (bicyclic) bond motifs is 1. The Bertz CT molecular complexity index is 596. The first-order valence-corrected chi connectivity index (χ1v) is 4.85. The maximum Gasteiger partial charge on any atom is 0.160 e. The summed E-state index contributed by atoms with van der Waals surface area (Å²) in [6.07, 6.45) is 0.934. The molecule has 0 fully saturated rings. The predicted molar refractivity (Wildman–Crippen MR) is 61.3 cm³/mol. The number of nitriles is 1. The van der Waals surface area contributed by atoms with E-state index in [0.717, 1.165) is 12.3 Å². The summed E-state index contributed by atoms with van der Waals surface area (Å²) in [6.45, 7) is 1.43. The van der Waals surface area contributed by atoms with Crippen LogP contribution in [0.15, 0.2) is 18.3 Å². The Hall–Kier alpha value is -2.06. The van der Waals surface area contributed by atoms with Gasteiger partial charge in [0.25, 0.3) is 0 Å². The molecular weight excluding hydrogens is 247 g/mol. The van der Waals surface area contributed by atoms with Crippen molar-refractivity contribution in [1.82, 2.24) is 4.98 Å². The molecule has 88 valence electrons. The van der Waals surface area contributed by atoms with Crippen molar-refractivity contribution in [3.8, 4) is 17.6 Å². The number of aromatic nitrogens is 1. The lowest BCUT2D eigenvalue weighted by Crippen LogP contribution is -1.85. The molecule has 2 rings (SSSR count). The summed E-state index contributed by atoms with van der Waals surface area (Å²) in [4.78, 5) is 3.68. The summed E-state index contributed by atoms with van der Waals surface area (Å²) in [6, 6.07) is 4.12. The van der Waals surface area contributed by atoms with Gasteiger partial charge in [0, 0.05) is 19.1 Å². The third-order valence-corrected chi connectivity index (χ3v) is 2.20. The van der Waals surface area contributed by atoms with Crippen LogP contribution in [0.3, 0.4) is 0 Å². The van der Waals surface area contributed by atoms with Crippen molar-refractivity contribution in [3.63, 3.8) is 0 Å². The van der Waals surface area contributed by atoms with Crippen LogP contribution in [0.25, 0.3) is 10.9 Å². The largest absolute Gasteiger partial charge is 0.508 e. The molecule has 0 bridgehead atoms. The second kappa shape index (κ2) is 5.32. The minimum atomic E-state index is -0.708. The first-order valence-electron chi connectivity index (χ1n) is 4.47. The number of aromatic hydroxyl groups is 2. The van der Waals surface area contributed by atoms with Crippen LogP contribution in [-0.2, 0) is 0 Å². The van der Waals surface area contributed by atoms with Crippen LogP contribution in [0, 0.1) is 17.1 Å². The van der Waals surface area contributed by atoms with Crippen molar-refractivity contribution >= 4 is 22.5 Å². The summed E-state index contributed by atoms with van der Waals surface area (Å²) in [7, 11) is 0. The molecule has 1 aromatic heterocycles. The van der Waals surface area contributed by atoms with Crippen molar-refractivity contribution in [3.05, 3.63) is 29.2 Å². The average molecular weight is 255 g/mol. The van der Waals surface area contributed by atoms with Gasteiger partial charge in [-0.15, -0.1) is 0 Å². The van der Waals surface area contributed by atoms with Crippen molar-refractivity contribution in [2.75, 3.05) is 0 Å². The van der Waals surface area contributed by atoms with E-state index >= 15 is 0 Å². The second-order valence-corrected chi connectivity index (χ2v) is 3.38. The molecule has 0 radical (unpaired) electrons. The third-order valence-electron chi connectivity index (χ3n) is 1.83. The predicted octanol–water partition coefficient (Wildman–Crippen LogP) is 2.97. The van der Waals surface area contributed by atoms with Gasteiger partial charge in [-0.3, -0.25) is 4.98 Å². The normalized spacial score (nSPS) is 9.29. The van der Waals surface area contributed by atoms with E-state index in [9.17, 15) is 9.50 Å². The minimum Gasteiger partial charge on any atom is -0.508 e. The van der Waals surface area contributed by atoms with Gasteiger partial charge in [-0.1, -0.05) is 11.6 Å². The molecule has 1 aromatic carbocycles. The fourth-order valence-electron chi connectivity index (χ4n) is 1.23. The molecular formula is C11H8ClFN2O2. The molecule has 0 aliphatic carbocycles. The highest BCUT2D eigenvalue weighted by molar-refractivity contribution is 6.36. The number of hydrogen-bond acceptors (Lipinski definition) is 4. The topological polar surface area (TPSA) is 77.1 Å². The molecule has 1 heterocycles. The molecule has 0 aliphatic heterocycles. The first-order chi connectivity index (χ1) is 8.01.